The minimum Gasteiger partial charge on any atom is -0.385 e. The van der Waals surface area contributed by atoms with E-state index in [-0.39, 0.29) is 11.7 Å². The second-order valence-electron chi connectivity index (χ2n) is 6.96. The van der Waals surface area contributed by atoms with Gasteiger partial charge in [-0.3, -0.25) is 4.79 Å². The molecule has 0 atom stereocenters. The van der Waals surface area contributed by atoms with Crippen LogP contribution in [0.1, 0.15) is 17.5 Å². The van der Waals surface area contributed by atoms with E-state index >= 15 is 0 Å². The first kappa shape index (κ1) is 18.9. The van der Waals surface area contributed by atoms with Crippen LogP contribution in [0.2, 0.25) is 0 Å². The Morgan fingerprint density at radius 3 is 2.74 bits per heavy atom. The van der Waals surface area contributed by atoms with Gasteiger partial charge in [0.1, 0.15) is 5.82 Å². The molecule has 2 aromatic carbocycles. The molecule has 0 fully saturated rings. The van der Waals surface area contributed by atoms with E-state index < -0.39 is 0 Å². The van der Waals surface area contributed by atoms with Gasteiger partial charge in [0, 0.05) is 35.4 Å². The van der Waals surface area contributed by atoms with Crippen molar-refractivity contribution in [3.05, 3.63) is 59.5 Å². The van der Waals surface area contributed by atoms with E-state index in [1.165, 1.54) is 12.1 Å². The molecule has 142 valence electrons. The number of carbonyl (C=O) groups excluding carboxylic acids is 1. The van der Waals surface area contributed by atoms with E-state index in [4.69, 9.17) is 0 Å². The summed E-state index contributed by atoms with van der Waals surface area (Å²) in [6.07, 6.45) is 2.70. The summed E-state index contributed by atoms with van der Waals surface area (Å²) in [6.45, 7) is 4.00. The first-order chi connectivity index (χ1) is 12.9. The van der Waals surface area contributed by atoms with Gasteiger partial charge in [-0.25, -0.2) is 4.39 Å². The first-order valence-electron chi connectivity index (χ1n) is 9.01. The van der Waals surface area contributed by atoms with Crippen molar-refractivity contribution in [2.45, 2.75) is 13.3 Å². The summed E-state index contributed by atoms with van der Waals surface area (Å²) >= 11 is 0. The molecule has 0 saturated carbocycles. The van der Waals surface area contributed by atoms with Crippen LogP contribution in [0, 0.1) is 12.7 Å². The maximum atomic E-state index is 13.5. The van der Waals surface area contributed by atoms with Crippen LogP contribution >= 0.6 is 0 Å². The summed E-state index contributed by atoms with van der Waals surface area (Å²) in [5.74, 6) is -0.601. The smallest absolute Gasteiger partial charge is 0.257 e. The van der Waals surface area contributed by atoms with Crippen LogP contribution in [-0.2, 0) is 4.79 Å². The number of aryl methyl sites for hydroxylation is 1. The summed E-state index contributed by atoms with van der Waals surface area (Å²) < 4.78 is 13.5. The molecule has 3 N–H and O–H groups in total. The van der Waals surface area contributed by atoms with Gasteiger partial charge >= 0.3 is 0 Å². The Morgan fingerprint density at radius 1 is 1.19 bits per heavy atom. The number of anilines is 3. The summed E-state index contributed by atoms with van der Waals surface area (Å²) in [4.78, 5) is 14.3. The Hall–Kier alpha value is -2.86. The van der Waals surface area contributed by atoms with Gasteiger partial charge in [0.25, 0.3) is 5.91 Å². The molecular weight excluding hydrogens is 343 g/mol. The summed E-state index contributed by atoms with van der Waals surface area (Å²) in [5.41, 5.74) is 4.71. The molecule has 3 rings (SSSR count). The highest BCUT2D eigenvalue weighted by Crippen LogP contribution is 2.32. The third-order valence-corrected chi connectivity index (χ3v) is 4.47. The van der Waals surface area contributed by atoms with Gasteiger partial charge < -0.3 is 20.9 Å². The van der Waals surface area contributed by atoms with Crippen molar-refractivity contribution in [1.82, 2.24) is 4.90 Å². The van der Waals surface area contributed by atoms with Crippen molar-refractivity contribution < 1.29 is 9.18 Å². The fraction of sp³-hybridized carbons (Fsp3) is 0.286. The average Bonchev–Trinajstić information content (AvgIpc) is 2.92. The van der Waals surface area contributed by atoms with Gasteiger partial charge in [0.15, 0.2) is 0 Å². The van der Waals surface area contributed by atoms with E-state index in [1.807, 2.05) is 25.1 Å². The fourth-order valence-corrected chi connectivity index (χ4v) is 3.03. The van der Waals surface area contributed by atoms with Crippen LogP contribution in [-0.4, -0.2) is 38.0 Å². The summed E-state index contributed by atoms with van der Waals surface area (Å²) in [7, 11) is 4.13. The molecule has 0 aliphatic carbocycles. The van der Waals surface area contributed by atoms with Crippen molar-refractivity contribution in [3.8, 4) is 0 Å². The van der Waals surface area contributed by atoms with Gasteiger partial charge in [0.05, 0.1) is 5.57 Å². The molecule has 5 nitrogen and oxygen atoms in total. The summed E-state index contributed by atoms with van der Waals surface area (Å²) in [5, 5.41) is 9.33. The standard InChI is InChI=1S/C21H25FN4O/c1-14-11-16(6-8-19(14)23-9-4-10-26(2)3)24-13-18-17-12-15(22)5-7-20(17)25-21(18)27/h5-8,11-13,23-24H,4,9-10H2,1-3H3,(H,25,27). The minimum atomic E-state index is -0.364. The summed E-state index contributed by atoms with van der Waals surface area (Å²) in [6, 6.07) is 10.3. The van der Waals surface area contributed by atoms with Gasteiger partial charge in [-0.15, -0.1) is 0 Å². The number of hydrogen-bond donors (Lipinski definition) is 3. The number of hydrogen-bond acceptors (Lipinski definition) is 4. The molecule has 0 bridgehead atoms. The zero-order chi connectivity index (χ0) is 19.4. The van der Waals surface area contributed by atoms with Crippen molar-refractivity contribution in [3.63, 3.8) is 0 Å². The highest BCUT2D eigenvalue weighted by atomic mass is 19.1. The minimum absolute atomic E-state index is 0.237. The molecule has 0 radical (unpaired) electrons. The molecule has 0 spiro atoms. The van der Waals surface area contributed by atoms with Crippen LogP contribution in [0.4, 0.5) is 21.5 Å². The lowest BCUT2D eigenvalue weighted by molar-refractivity contribution is -0.110. The zero-order valence-electron chi connectivity index (χ0n) is 15.9. The fourth-order valence-electron chi connectivity index (χ4n) is 3.03. The number of halogens is 1. The number of nitrogens with one attached hydrogen (secondary N) is 3. The number of amides is 1. The molecule has 0 unspecified atom stereocenters. The van der Waals surface area contributed by atoms with Gasteiger partial charge in [0.2, 0.25) is 0 Å². The van der Waals surface area contributed by atoms with E-state index in [9.17, 15) is 9.18 Å². The predicted molar refractivity (Wildman–Crippen MR) is 109 cm³/mol. The zero-order valence-corrected chi connectivity index (χ0v) is 15.9. The maximum absolute atomic E-state index is 13.5. The number of rotatable bonds is 7. The number of nitrogens with zero attached hydrogens (tertiary/aromatic N) is 1. The van der Waals surface area contributed by atoms with E-state index in [2.05, 4.69) is 34.9 Å². The van der Waals surface area contributed by atoms with Crippen molar-refractivity contribution >= 4 is 28.5 Å². The Balaban J connectivity index is 1.67. The maximum Gasteiger partial charge on any atom is 0.257 e. The predicted octanol–water partition coefficient (Wildman–Crippen LogP) is 3.90. The Labute approximate surface area is 159 Å². The van der Waals surface area contributed by atoms with Crippen LogP contribution in [0.25, 0.3) is 5.57 Å². The lowest BCUT2D eigenvalue weighted by atomic mass is 10.1. The second kappa shape index (κ2) is 8.22. The molecule has 2 aromatic rings. The monoisotopic (exact) mass is 368 g/mol. The van der Waals surface area contributed by atoms with Gasteiger partial charge in [-0.05, 0) is 75.9 Å². The molecule has 27 heavy (non-hydrogen) atoms. The van der Waals surface area contributed by atoms with Gasteiger partial charge in [-0.1, -0.05) is 0 Å². The Kier molecular flexibility index (Phi) is 5.76. The first-order valence-corrected chi connectivity index (χ1v) is 9.01. The third kappa shape index (κ3) is 4.65. The van der Waals surface area contributed by atoms with Crippen LogP contribution in [0.3, 0.4) is 0 Å². The van der Waals surface area contributed by atoms with E-state index in [0.717, 1.165) is 36.4 Å². The van der Waals surface area contributed by atoms with E-state index in [0.29, 0.717) is 16.8 Å². The van der Waals surface area contributed by atoms with Crippen molar-refractivity contribution in [1.29, 1.82) is 0 Å². The topological polar surface area (TPSA) is 56.4 Å². The quantitative estimate of drug-likeness (QED) is 0.512. The van der Waals surface area contributed by atoms with Gasteiger partial charge in [-0.2, -0.15) is 0 Å². The molecule has 0 saturated heterocycles. The molecule has 1 aliphatic heterocycles. The Bertz CT molecular complexity index is 876. The molecule has 1 amide bonds. The largest absolute Gasteiger partial charge is 0.385 e. The molecule has 0 aromatic heterocycles. The lowest BCUT2D eigenvalue weighted by Crippen LogP contribution is -2.16. The Morgan fingerprint density at radius 2 is 2.00 bits per heavy atom. The van der Waals surface area contributed by atoms with Crippen LogP contribution in [0.5, 0.6) is 0 Å². The normalized spacial score (nSPS) is 14.4. The SMILES string of the molecule is Cc1cc(NC=C2C(=O)Nc3ccc(F)cc32)ccc1NCCCN(C)C. The van der Waals surface area contributed by atoms with Crippen LogP contribution in [0.15, 0.2) is 42.6 Å². The number of benzene rings is 2. The number of fused-ring (bicyclic) bond motifs is 1. The average molecular weight is 368 g/mol. The van der Waals surface area contributed by atoms with E-state index in [1.54, 1.807) is 12.3 Å². The third-order valence-electron chi connectivity index (χ3n) is 4.47. The van der Waals surface area contributed by atoms with Crippen LogP contribution < -0.4 is 16.0 Å². The molecule has 1 aliphatic rings. The van der Waals surface area contributed by atoms with Crippen molar-refractivity contribution in [2.24, 2.45) is 0 Å². The lowest BCUT2D eigenvalue weighted by Gasteiger charge is -2.13. The molecule has 1 heterocycles. The highest BCUT2D eigenvalue weighted by molar-refractivity contribution is 6.31. The van der Waals surface area contributed by atoms with Crippen molar-refractivity contribution in [2.75, 3.05) is 43.1 Å². The molecular formula is C21H25FN4O. The molecule has 6 heteroatoms. The second-order valence-corrected chi connectivity index (χ2v) is 6.96. The number of carbonyl (C=O) groups is 1. The highest BCUT2D eigenvalue weighted by Gasteiger charge is 2.24.